The molecular formula is C12H15ClN2O2S. The van der Waals surface area contributed by atoms with Crippen LogP contribution in [0.3, 0.4) is 0 Å². The van der Waals surface area contributed by atoms with E-state index in [1.165, 1.54) is 31.2 Å². The highest BCUT2D eigenvalue weighted by Crippen LogP contribution is 2.44. The van der Waals surface area contributed by atoms with Crippen molar-refractivity contribution in [3.63, 3.8) is 0 Å². The Morgan fingerprint density at radius 2 is 2.11 bits per heavy atom. The van der Waals surface area contributed by atoms with E-state index in [9.17, 15) is 8.42 Å². The highest BCUT2D eigenvalue weighted by molar-refractivity contribution is 7.89. The normalized spacial score (nSPS) is 30.8. The molecule has 3 atom stereocenters. The van der Waals surface area contributed by atoms with Crippen molar-refractivity contribution in [2.45, 2.75) is 36.6 Å². The molecule has 0 amide bonds. The summed E-state index contributed by atoms with van der Waals surface area (Å²) in [4.78, 5) is 4.00. The Balaban J connectivity index is 1.77. The van der Waals surface area contributed by atoms with E-state index in [4.69, 9.17) is 11.6 Å². The molecule has 4 nitrogen and oxygen atoms in total. The monoisotopic (exact) mass is 286 g/mol. The van der Waals surface area contributed by atoms with Crippen molar-refractivity contribution in [2.75, 3.05) is 0 Å². The number of nitrogens with zero attached hydrogens (tertiary/aromatic N) is 1. The van der Waals surface area contributed by atoms with Crippen LogP contribution < -0.4 is 4.72 Å². The molecule has 1 aromatic heterocycles. The van der Waals surface area contributed by atoms with E-state index >= 15 is 0 Å². The number of sulfonamides is 1. The van der Waals surface area contributed by atoms with Gasteiger partial charge in [0.1, 0.15) is 10.0 Å². The second-order valence-electron chi connectivity index (χ2n) is 5.22. The van der Waals surface area contributed by atoms with E-state index in [0.717, 1.165) is 12.8 Å². The lowest BCUT2D eigenvalue weighted by Crippen LogP contribution is -2.38. The first-order valence-corrected chi connectivity index (χ1v) is 8.04. The lowest BCUT2D eigenvalue weighted by atomic mass is 9.96. The highest BCUT2D eigenvalue weighted by Gasteiger charge is 2.41. The summed E-state index contributed by atoms with van der Waals surface area (Å²) in [7, 11) is -3.45. The van der Waals surface area contributed by atoms with E-state index in [1.807, 2.05) is 0 Å². The van der Waals surface area contributed by atoms with Crippen molar-refractivity contribution in [1.29, 1.82) is 0 Å². The molecule has 0 spiro atoms. The van der Waals surface area contributed by atoms with E-state index in [1.54, 1.807) is 0 Å². The van der Waals surface area contributed by atoms with Crippen LogP contribution >= 0.6 is 11.6 Å². The molecule has 2 saturated carbocycles. The van der Waals surface area contributed by atoms with Crippen LogP contribution in [-0.2, 0) is 10.0 Å². The molecular weight excluding hydrogens is 272 g/mol. The van der Waals surface area contributed by atoms with Gasteiger partial charge in [0.15, 0.2) is 0 Å². The Kier molecular flexibility index (Phi) is 3.08. The van der Waals surface area contributed by atoms with Gasteiger partial charge in [0, 0.05) is 12.2 Å². The first kappa shape index (κ1) is 12.4. The van der Waals surface area contributed by atoms with Crippen LogP contribution in [0.2, 0.25) is 5.15 Å². The Hall–Kier alpha value is -0.650. The second kappa shape index (κ2) is 4.47. The molecule has 0 saturated heterocycles. The van der Waals surface area contributed by atoms with Crippen molar-refractivity contribution in [2.24, 2.45) is 11.8 Å². The first-order valence-electron chi connectivity index (χ1n) is 6.18. The maximum Gasteiger partial charge on any atom is 0.242 e. The highest BCUT2D eigenvalue weighted by atomic mass is 35.5. The van der Waals surface area contributed by atoms with E-state index in [0.29, 0.717) is 17.0 Å². The number of fused-ring (bicyclic) bond motifs is 2. The van der Waals surface area contributed by atoms with Crippen molar-refractivity contribution in [3.8, 4) is 0 Å². The van der Waals surface area contributed by atoms with Crippen molar-refractivity contribution in [1.82, 2.24) is 9.71 Å². The maximum absolute atomic E-state index is 12.2. The number of rotatable bonds is 3. The van der Waals surface area contributed by atoms with Crippen LogP contribution in [0, 0.1) is 11.8 Å². The fraction of sp³-hybridized carbons (Fsp3) is 0.583. The van der Waals surface area contributed by atoms with Gasteiger partial charge < -0.3 is 0 Å². The zero-order valence-corrected chi connectivity index (χ0v) is 11.4. The number of nitrogens with one attached hydrogen (secondary N) is 1. The third-order valence-electron chi connectivity index (χ3n) is 4.06. The molecule has 3 unspecified atom stereocenters. The van der Waals surface area contributed by atoms with Gasteiger partial charge in [-0.2, -0.15) is 0 Å². The van der Waals surface area contributed by atoms with E-state index in [2.05, 4.69) is 9.71 Å². The number of halogens is 1. The summed E-state index contributed by atoms with van der Waals surface area (Å²) in [6.45, 7) is 0. The summed E-state index contributed by atoms with van der Waals surface area (Å²) in [5.74, 6) is 1.23. The predicted octanol–water partition coefficient (Wildman–Crippen LogP) is 2.20. The second-order valence-corrected chi connectivity index (χ2v) is 7.32. The Labute approximate surface area is 112 Å². The lowest BCUT2D eigenvalue weighted by molar-refractivity contribution is 0.390. The molecule has 3 rings (SSSR count). The third-order valence-corrected chi connectivity index (χ3v) is 5.75. The molecule has 2 fully saturated rings. The molecule has 1 N–H and O–H groups in total. The van der Waals surface area contributed by atoms with Crippen LogP contribution in [0.1, 0.15) is 25.7 Å². The predicted molar refractivity (Wildman–Crippen MR) is 68.8 cm³/mol. The number of hydrogen-bond acceptors (Lipinski definition) is 3. The van der Waals surface area contributed by atoms with Crippen LogP contribution in [0.15, 0.2) is 23.2 Å². The topological polar surface area (TPSA) is 59.1 Å². The van der Waals surface area contributed by atoms with Gasteiger partial charge >= 0.3 is 0 Å². The molecule has 98 valence electrons. The first-order chi connectivity index (χ1) is 8.54. The quantitative estimate of drug-likeness (QED) is 0.867. The molecule has 0 aromatic carbocycles. The lowest BCUT2D eigenvalue weighted by Gasteiger charge is -2.22. The fourth-order valence-corrected chi connectivity index (χ4v) is 4.55. The van der Waals surface area contributed by atoms with Gasteiger partial charge in [-0.1, -0.05) is 18.0 Å². The fourth-order valence-electron chi connectivity index (χ4n) is 3.18. The molecule has 6 heteroatoms. The Bertz CT molecular complexity index is 544. The van der Waals surface area contributed by atoms with Gasteiger partial charge in [0.25, 0.3) is 0 Å². The summed E-state index contributed by atoms with van der Waals surface area (Å²) in [5, 5.41) is 0.300. The summed E-state index contributed by atoms with van der Waals surface area (Å²) >= 11 is 5.66. The molecule has 2 aliphatic rings. The molecule has 2 bridgehead atoms. The molecule has 0 radical (unpaired) electrons. The van der Waals surface area contributed by atoms with Gasteiger partial charge in [-0.15, -0.1) is 0 Å². The van der Waals surface area contributed by atoms with Crippen molar-refractivity contribution >= 4 is 21.6 Å². The van der Waals surface area contributed by atoms with Gasteiger partial charge in [-0.05, 0) is 43.2 Å². The molecule has 1 heterocycles. The third kappa shape index (κ3) is 2.27. The Morgan fingerprint density at radius 1 is 1.28 bits per heavy atom. The van der Waals surface area contributed by atoms with Crippen molar-refractivity contribution in [3.05, 3.63) is 23.5 Å². The van der Waals surface area contributed by atoms with Crippen LogP contribution in [0.4, 0.5) is 0 Å². The molecule has 18 heavy (non-hydrogen) atoms. The molecule has 0 aliphatic heterocycles. The zero-order chi connectivity index (χ0) is 12.8. The summed E-state index contributed by atoms with van der Waals surface area (Å²) in [6, 6.07) is 3.09. The summed E-state index contributed by atoms with van der Waals surface area (Å²) in [5.41, 5.74) is 0. The zero-order valence-electron chi connectivity index (χ0n) is 9.84. The van der Waals surface area contributed by atoms with Crippen LogP contribution in [0.25, 0.3) is 0 Å². The van der Waals surface area contributed by atoms with Crippen LogP contribution in [-0.4, -0.2) is 19.4 Å². The standard InChI is InChI=1S/C12H15ClN2O2S/c13-12-4-3-10(7-14-12)18(16,17)15-11-6-8-1-2-9(11)5-8/h3-4,7-9,11,15H,1-2,5-6H2. The van der Waals surface area contributed by atoms with Gasteiger partial charge in [-0.25, -0.2) is 18.1 Å². The van der Waals surface area contributed by atoms with Crippen molar-refractivity contribution < 1.29 is 8.42 Å². The Morgan fingerprint density at radius 3 is 2.67 bits per heavy atom. The van der Waals surface area contributed by atoms with Crippen LogP contribution in [0.5, 0.6) is 0 Å². The van der Waals surface area contributed by atoms with Gasteiger partial charge in [0.05, 0.1) is 0 Å². The summed E-state index contributed by atoms with van der Waals surface area (Å²) in [6.07, 6.45) is 5.86. The number of aromatic nitrogens is 1. The minimum absolute atomic E-state index is 0.101. The van der Waals surface area contributed by atoms with Gasteiger partial charge in [0.2, 0.25) is 10.0 Å². The average molecular weight is 287 g/mol. The SMILES string of the molecule is O=S(=O)(NC1CC2CCC1C2)c1ccc(Cl)nc1. The van der Waals surface area contributed by atoms with E-state index in [-0.39, 0.29) is 10.9 Å². The van der Waals surface area contributed by atoms with Gasteiger partial charge in [-0.3, -0.25) is 0 Å². The minimum atomic E-state index is -3.45. The summed E-state index contributed by atoms with van der Waals surface area (Å²) < 4.78 is 27.2. The van der Waals surface area contributed by atoms with E-state index < -0.39 is 10.0 Å². The molecule has 1 aromatic rings. The number of hydrogen-bond donors (Lipinski definition) is 1. The maximum atomic E-state index is 12.2. The number of pyridine rings is 1. The average Bonchev–Trinajstić information content (AvgIpc) is 2.91. The smallest absolute Gasteiger partial charge is 0.242 e. The largest absolute Gasteiger partial charge is 0.243 e. The minimum Gasteiger partial charge on any atom is -0.243 e. The molecule has 2 aliphatic carbocycles.